The predicted octanol–water partition coefficient (Wildman–Crippen LogP) is 1.12. The fraction of sp³-hybridized carbons (Fsp3) is 0.500. The molecule has 1 aliphatic heterocycles. The van der Waals surface area contributed by atoms with Crippen molar-refractivity contribution in [3.8, 4) is 0 Å². The number of carbonyl (C=O) groups is 1. The molecular weight excluding hydrogens is 294 g/mol. The highest BCUT2D eigenvalue weighted by atomic mass is 16.5. The number of fused-ring (bicyclic) bond motifs is 1. The van der Waals surface area contributed by atoms with E-state index in [1.54, 1.807) is 17.3 Å². The number of amides is 1. The van der Waals surface area contributed by atoms with Gasteiger partial charge in [-0.1, -0.05) is 0 Å². The maximum absolute atomic E-state index is 12.7. The van der Waals surface area contributed by atoms with Gasteiger partial charge in [0.25, 0.3) is 5.91 Å². The zero-order valence-corrected chi connectivity index (χ0v) is 12.8. The molecule has 1 aliphatic carbocycles. The van der Waals surface area contributed by atoms with Crippen LogP contribution in [0.15, 0.2) is 30.9 Å². The molecule has 23 heavy (non-hydrogen) atoms. The van der Waals surface area contributed by atoms with Crippen molar-refractivity contribution in [1.29, 1.82) is 0 Å². The molecule has 0 aromatic carbocycles. The minimum absolute atomic E-state index is 0.0441. The molecule has 0 spiro atoms. The van der Waals surface area contributed by atoms with Crippen LogP contribution in [-0.2, 0) is 17.8 Å². The summed E-state index contributed by atoms with van der Waals surface area (Å²) in [4.78, 5) is 22.6. The Hall–Kier alpha value is -2.28. The maximum atomic E-state index is 12.7. The number of aromatic nitrogens is 4. The number of rotatable bonds is 4. The molecule has 0 radical (unpaired) electrons. The van der Waals surface area contributed by atoms with E-state index in [2.05, 4.69) is 15.1 Å². The highest BCUT2D eigenvalue weighted by molar-refractivity contribution is 5.91. The molecule has 3 heterocycles. The van der Waals surface area contributed by atoms with Crippen LogP contribution in [0.1, 0.15) is 29.0 Å². The van der Waals surface area contributed by atoms with E-state index in [0.717, 1.165) is 12.3 Å². The van der Waals surface area contributed by atoms with Crippen LogP contribution in [0.2, 0.25) is 0 Å². The Morgan fingerprint density at radius 2 is 2.17 bits per heavy atom. The maximum Gasteiger partial charge on any atom is 0.274 e. The van der Waals surface area contributed by atoms with Gasteiger partial charge in [-0.3, -0.25) is 14.5 Å². The number of ether oxygens (including phenoxy) is 1. The second kappa shape index (κ2) is 6.08. The lowest BCUT2D eigenvalue weighted by Crippen LogP contribution is -2.38. The van der Waals surface area contributed by atoms with Gasteiger partial charge < -0.3 is 9.64 Å². The lowest BCUT2D eigenvalue weighted by atomic mass is 10.3. The van der Waals surface area contributed by atoms with Crippen molar-refractivity contribution < 1.29 is 9.53 Å². The molecule has 1 amide bonds. The quantitative estimate of drug-likeness (QED) is 0.846. The van der Waals surface area contributed by atoms with Crippen LogP contribution >= 0.6 is 0 Å². The van der Waals surface area contributed by atoms with E-state index >= 15 is 0 Å². The Labute approximate surface area is 134 Å². The topological polar surface area (TPSA) is 73.1 Å². The SMILES string of the molecule is O=C(c1cnccn1)N1Cc2ccnn2CC(OCC2CC2)C1. The van der Waals surface area contributed by atoms with Gasteiger partial charge in [-0.25, -0.2) is 4.98 Å². The van der Waals surface area contributed by atoms with Gasteiger partial charge in [0.05, 0.1) is 31.1 Å². The first kappa shape index (κ1) is 14.3. The summed E-state index contributed by atoms with van der Waals surface area (Å²) in [5, 5.41) is 4.35. The van der Waals surface area contributed by atoms with Crippen LogP contribution in [0.4, 0.5) is 0 Å². The third-order valence-corrected chi connectivity index (χ3v) is 4.29. The Morgan fingerprint density at radius 1 is 1.26 bits per heavy atom. The first-order valence-corrected chi connectivity index (χ1v) is 7.97. The highest BCUT2D eigenvalue weighted by Gasteiger charge is 2.29. The Kier molecular flexibility index (Phi) is 3.78. The van der Waals surface area contributed by atoms with Crippen molar-refractivity contribution in [2.45, 2.75) is 32.0 Å². The van der Waals surface area contributed by atoms with E-state index in [4.69, 9.17) is 4.74 Å². The molecular formula is C16H19N5O2. The van der Waals surface area contributed by atoms with E-state index < -0.39 is 0 Å². The summed E-state index contributed by atoms with van der Waals surface area (Å²) >= 11 is 0. The molecule has 2 aliphatic rings. The van der Waals surface area contributed by atoms with E-state index in [1.807, 2.05) is 10.7 Å². The van der Waals surface area contributed by atoms with Crippen molar-refractivity contribution in [2.75, 3.05) is 13.2 Å². The molecule has 2 aromatic heterocycles. The van der Waals surface area contributed by atoms with Crippen LogP contribution in [0, 0.1) is 5.92 Å². The Morgan fingerprint density at radius 3 is 2.96 bits per heavy atom. The van der Waals surface area contributed by atoms with Crippen LogP contribution in [0.3, 0.4) is 0 Å². The number of hydrogen-bond acceptors (Lipinski definition) is 5. The summed E-state index contributed by atoms with van der Waals surface area (Å²) in [6.07, 6.45) is 8.84. The summed E-state index contributed by atoms with van der Waals surface area (Å²) in [5.74, 6) is 0.576. The van der Waals surface area contributed by atoms with Crippen molar-refractivity contribution in [1.82, 2.24) is 24.6 Å². The van der Waals surface area contributed by atoms with E-state index in [9.17, 15) is 4.79 Å². The molecule has 120 valence electrons. The van der Waals surface area contributed by atoms with Gasteiger partial charge in [0.2, 0.25) is 0 Å². The molecule has 7 nitrogen and oxygen atoms in total. The van der Waals surface area contributed by atoms with Gasteiger partial charge in [0.15, 0.2) is 0 Å². The van der Waals surface area contributed by atoms with E-state index in [0.29, 0.717) is 31.2 Å². The van der Waals surface area contributed by atoms with E-state index in [-0.39, 0.29) is 12.0 Å². The molecule has 0 bridgehead atoms. The van der Waals surface area contributed by atoms with Gasteiger partial charge in [0.1, 0.15) is 5.69 Å². The van der Waals surface area contributed by atoms with Crippen molar-refractivity contribution in [3.63, 3.8) is 0 Å². The molecule has 1 unspecified atom stereocenters. The molecule has 1 saturated carbocycles. The molecule has 7 heteroatoms. The summed E-state index contributed by atoms with van der Waals surface area (Å²) < 4.78 is 7.97. The Bertz CT molecular complexity index is 683. The van der Waals surface area contributed by atoms with Crippen LogP contribution in [-0.4, -0.2) is 49.8 Å². The minimum Gasteiger partial charge on any atom is -0.374 e. The zero-order valence-electron chi connectivity index (χ0n) is 12.8. The molecule has 1 fully saturated rings. The largest absolute Gasteiger partial charge is 0.374 e. The normalized spacial score (nSPS) is 20.9. The van der Waals surface area contributed by atoms with Gasteiger partial charge in [-0.05, 0) is 24.8 Å². The molecule has 0 saturated heterocycles. The van der Waals surface area contributed by atoms with Gasteiger partial charge in [-0.2, -0.15) is 5.10 Å². The lowest BCUT2D eigenvalue weighted by molar-refractivity contribution is 0.0135. The number of hydrogen-bond donors (Lipinski definition) is 0. The van der Waals surface area contributed by atoms with Crippen molar-refractivity contribution >= 4 is 5.91 Å². The molecule has 4 rings (SSSR count). The van der Waals surface area contributed by atoms with Crippen LogP contribution in [0.5, 0.6) is 0 Å². The second-order valence-corrected chi connectivity index (χ2v) is 6.18. The minimum atomic E-state index is -0.118. The van der Waals surface area contributed by atoms with Gasteiger partial charge >= 0.3 is 0 Å². The smallest absolute Gasteiger partial charge is 0.274 e. The third-order valence-electron chi connectivity index (χ3n) is 4.29. The predicted molar refractivity (Wildman–Crippen MR) is 81.5 cm³/mol. The highest BCUT2D eigenvalue weighted by Crippen LogP contribution is 2.29. The first-order chi connectivity index (χ1) is 11.3. The summed E-state index contributed by atoms with van der Waals surface area (Å²) in [6.45, 7) is 2.51. The lowest BCUT2D eigenvalue weighted by Gasteiger charge is -2.24. The third kappa shape index (κ3) is 3.24. The van der Waals surface area contributed by atoms with Crippen LogP contribution in [0.25, 0.3) is 0 Å². The Balaban J connectivity index is 1.54. The zero-order chi connectivity index (χ0) is 15.6. The monoisotopic (exact) mass is 313 g/mol. The number of nitrogens with zero attached hydrogens (tertiary/aromatic N) is 5. The van der Waals surface area contributed by atoms with E-state index in [1.165, 1.54) is 25.2 Å². The molecule has 0 N–H and O–H groups in total. The standard InChI is InChI=1S/C16H19N5O2/c22-16(15-7-17-5-6-18-15)20-8-13-3-4-19-21(13)10-14(9-20)23-11-12-1-2-12/h3-7,12,14H,1-2,8-11H2. The fourth-order valence-electron chi connectivity index (χ4n) is 2.80. The summed E-state index contributed by atoms with van der Waals surface area (Å²) in [6, 6.07) is 1.94. The van der Waals surface area contributed by atoms with Gasteiger partial charge in [0, 0.05) is 31.7 Å². The van der Waals surface area contributed by atoms with Gasteiger partial charge in [-0.15, -0.1) is 0 Å². The fourth-order valence-corrected chi connectivity index (χ4v) is 2.80. The summed E-state index contributed by atoms with van der Waals surface area (Å²) in [7, 11) is 0. The van der Waals surface area contributed by atoms with Crippen LogP contribution < -0.4 is 0 Å². The second-order valence-electron chi connectivity index (χ2n) is 6.18. The molecule has 2 aromatic rings. The summed E-state index contributed by atoms with van der Waals surface area (Å²) in [5.41, 5.74) is 1.38. The average molecular weight is 313 g/mol. The van der Waals surface area contributed by atoms with Crippen molar-refractivity contribution in [3.05, 3.63) is 42.2 Å². The van der Waals surface area contributed by atoms with Crippen molar-refractivity contribution in [2.24, 2.45) is 5.92 Å². The number of carbonyl (C=O) groups excluding carboxylic acids is 1. The molecule has 1 atom stereocenters. The first-order valence-electron chi connectivity index (χ1n) is 7.97. The average Bonchev–Trinajstić information content (AvgIpc) is 3.35.